The number of cyclic esters (lactones) is 1. The normalized spacial score (nSPS) is 29.1. The molecule has 5 heteroatoms. The molecule has 1 fully saturated rings. The maximum Gasteiger partial charge on any atom is 0.308 e. The van der Waals surface area contributed by atoms with Gasteiger partial charge in [0, 0.05) is 13.0 Å². The Morgan fingerprint density at radius 3 is 2.82 bits per heavy atom. The van der Waals surface area contributed by atoms with Gasteiger partial charge in [-0.05, 0) is 6.42 Å². The Bertz CT molecular complexity index is 231. The Kier molecular flexibility index (Phi) is 6.47. The summed E-state index contributed by atoms with van der Waals surface area (Å²) in [7, 11) is 1.62. The quantitative estimate of drug-likeness (QED) is 0.385. The number of rotatable bonds is 7. The molecule has 1 heterocycles. The van der Waals surface area contributed by atoms with E-state index in [2.05, 4.69) is 0 Å². The molecule has 0 saturated carbocycles. The highest BCUT2D eigenvalue weighted by Crippen LogP contribution is 2.26. The van der Waals surface area contributed by atoms with Crippen molar-refractivity contribution in [2.75, 3.05) is 27.1 Å². The third kappa shape index (κ3) is 4.61. The minimum absolute atomic E-state index is 0.0415. The van der Waals surface area contributed by atoms with Crippen LogP contribution in [-0.4, -0.2) is 45.3 Å². The van der Waals surface area contributed by atoms with Crippen molar-refractivity contribution in [3.05, 3.63) is 0 Å². The van der Waals surface area contributed by atoms with E-state index in [-0.39, 0.29) is 30.9 Å². The fourth-order valence-electron chi connectivity index (χ4n) is 1.92. The Labute approximate surface area is 102 Å². The molecule has 0 radical (unpaired) electrons. The lowest BCUT2D eigenvalue weighted by molar-refractivity contribution is -0.183. The molecule has 0 unspecified atom stereocenters. The molecule has 1 saturated heterocycles. The van der Waals surface area contributed by atoms with E-state index < -0.39 is 0 Å². The molecule has 0 aromatic heterocycles. The lowest BCUT2D eigenvalue weighted by Gasteiger charge is -2.34. The highest BCUT2D eigenvalue weighted by molar-refractivity contribution is 5.71. The van der Waals surface area contributed by atoms with Crippen LogP contribution in [0.3, 0.4) is 0 Å². The summed E-state index contributed by atoms with van der Waals surface area (Å²) >= 11 is 0. The number of hydrogen-bond acceptors (Lipinski definition) is 5. The van der Waals surface area contributed by atoms with Gasteiger partial charge >= 0.3 is 5.97 Å². The van der Waals surface area contributed by atoms with Crippen LogP contribution in [0.15, 0.2) is 0 Å². The molecule has 1 aliphatic heterocycles. The zero-order chi connectivity index (χ0) is 12.7. The van der Waals surface area contributed by atoms with Gasteiger partial charge in [0.15, 0.2) is 0 Å². The van der Waals surface area contributed by atoms with E-state index in [0.29, 0.717) is 19.6 Å². The van der Waals surface area contributed by atoms with Crippen LogP contribution in [0.25, 0.3) is 0 Å². The zero-order valence-corrected chi connectivity index (χ0v) is 10.8. The maximum absolute atomic E-state index is 11.4. The molecule has 0 aliphatic carbocycles. The molecule has 17 heavy (non-hydrogen) atoms. The molecule has 0 spiro atoms. The first kappa shape index (κ1) is 14.4. The average molecular weight is 246 g/mol. The molecule has 1 aliphatic rings. The number of hydrogen-bond donors (Lipinski definition) is 0. The van der Waals surface area contributed by atoms with Crippen LogP contribution >= 0.6 is 0 Å². The van der Waals surface area contributed by atoms with E-state index in [1.807, 2.05) is 13.8 Å². The highest BCUT2D eigenvalue weighted by atomic mass is 16.7. The first-order valence-corrected chi connectivity index (χ1v) is 6.06. The van der Waals surface area contributed by atoms with Crippen molar-refractivity contribution < 1.29 is 23.7 Å². The van der Waals surface area contributed by atoms with Gasteiger partial charge in [-0.2, -0.15) is 0 Å². The van der Waals surface area contributed by atoms with Gasteiger partial charge in [0.25, 0.3) is 0 Å². The molecule has 0 aromatic rings. The molecule has 5 nitrogen and oxygen atoms in total. The van der Waals surface area contributed by atoms with Gasteiger partial charge in [-0.1, -0.05) is 13.8 Å². The number of esters is 1. The fourth-order valence-corrected chi connectivity index (χ4v) is 1.92. The van der Waals surface area contributed by atoms with Gasteiger partial charge in [0.1, 0.15) is 12.9 Å². The van der Waals surface area contributed by atoms with Crippen LogP contribution in [0.4, 0.5) is 0 Å². The molecule has 3 atom stereocenters. The van der Waals surface area contributed by atoms with Gasteiger partial charge in [0.05, 0.1) is 25.7 Å². The molecule has 0 amide bonds. The summed E-state index contributed by atoms with van der Waals surface area (Å²) in [4.78, 5) is 11.4. The van der Waals surface area contributed by atoms with Crippen LogP contribution in [0.1, 0.15) is 26.7 Å². The van der Waals surface area contributed by atoms with Crippen molar-refractivity contribution in [3.63, 3.8) is 0 Å². The minimum Gasteiger partial charge on any atom is -0.462 e. The van der Waals surface area contributed by atoms with Gasteiger partial charge in [0.2, 0.25) is 0 Å². The topological polar surface area (TPSA) is 54.0 Å². The summed E-state index contributed by atoms with van der Waals surface area (Å²) in [5.41, 5.74) is 0. The lowest BCUT2D eigenvalue weighted by Crippen LogP contribution is -2.42. The van der Waals surface area contributed by atoms with Crippen molar-refractivity contribution in [2.45, 2.75) is 38.9 Å². The summed E-state index contributed by atoms with van der Waals surface area (Å²) in [5, 5.41) is 0. The molecule has 100 valence electrons. The SMILES string of the molecule is CC[C@@H]1OC(=O)C[C@H](OCOCCOC)[C@H]1C. The largest absolute Gasteiger partial charge is 0.462 e. The molecule has 0 bridgehead atoms. The first-order chi connectivity index (χ1) is 8.19. The summed E-state index contributed by atoms with van der Waals surface area (Å²) in [6.07, 6.45) is 0.978. The third-order valence-corrected chi connectivity index (χ3v) is 3.02. The second kappa shape index (κ2) is 7.63. The van der Waals surface area contributed by atoms with Gasteiger partial charge < -0.3 is 18.9 Å². The Hall–Kier alpha value is -0.650. The van der Waals surface area contributed by atoms with Crippen molar-refractivity contribution in [3.8, 4) is 0 Å². The van der Waals surface area contributed by atoms with Gasteiger partial charge in [-0.25, -0.2) is 0 Å². The Balaban J connectivity index is 2.28. The van der Waals surface area contributed by atoms with E-state index in [4.69, 9.17) is 18.9 Å². The molecule has 0 N–H and O–H groups in total. The second-order valence-corrected chi connectivity index (χ2v) is 4.22. The van der Waals surface area contributed by atoms with Crippen molar-refractivity contribution in [1.82, 2.24) is 0 Å². The maximum atomic E-state index is 11.4. The summed E-state index contributed by atoms with van der Waals surface area (Å²) in [5.74, 6) is 0.0283. The number of carbonyl (C=O) groups excluding carboxylic acids is 1. The van der Waals surface area contributed by atoms with Crippen molar-refractivity contribution >= 4 is 5.97 Å². The smallest absolute Gasteiger partial charge is 0.308 e. The molecular formula is C12H22O5. The van der Waals surface area contributed by atoms with E-state index in [9.17, 15) is 4.79 Å². The highest BCUT2D eigenvalue weighted by Gasteiger charge is 2.35. The summed E-state index contributed by atoms with van der Waals surface area (Å²) in [6.45, 7) is 5.29. The van der Waals surface area contributed by atoms with E-state index in [0.717, 1.165) is 6.42 Å². The predicted molar refractivity (Wildman–Crippen MR) is 61.5 cm³/mol. The van der Waals surface area contributed by atoms with Gasteiger partial charge in [-0.3, -0.25) is 4.79 Å². The van der Waals surface area contributed by atoms with E-state index >= 15 is 0 Å². The van der Waals surface area contributed by atoms with Crippen LogP contribution in [0.2, 0.25) is 0 Å². The Morgan fingerprint density at radius 2 is 2.18 bits per heavy atom. The van der Waals surface area contributed by atoms with E-state index in [1.165, 1.54) is 0 Å². The average Bonchev–Trinajstić information content (AvgIpc) is 2.32. The molecule has 1 rings (SSSR count). The van der Waals surface area contributed by atoms with Gasteiger partial charge in [-0.15, -0.1) is 0 Å². The third-order valence-electron chi connectivity index (χ3n) is 3.02. The van der Waals surface area contributed by atoms with Crippen molar-refractivity contribution in [2.24, 2.45) is 5.92 Å². The van der Waals surface area contributed by atoms with Crippen molar-refractivity contribution in [1.29, 1.82) is 0 Å². The Morgan fingerprint density at radius 1 is 1.41 bits per heavy atom. The monoisotopic (exact) mass is 246 g/mol. The standard InChI is InChI=1S/C12H22O5/c1-4-10-9(2)11(7-12(13)17-10)16-8-15-6-5-14-3/h9-11H,4-8H2,1-3H3/t9-,10-,11-/m0/s1. The fraction of sp³-hybridized carbons (Fsp3) is 0.917. The van der Waals surface area contributed by atoms with Crippen LogP contribution in [0, 0.1) is 5.92 Å². The number of methoxy groups -OCH3 is 1. The molecule has 0 aromatic carbocycles. The minimum atomic E-state index is -0.183. The second-order valence-electron chi connectivity index (χ2n) is 4.22. The van der Waals surface area contributed by atoms with Crippen LogP contribution in [-0.2, 0) is 23.7 Å². The predicted octanol–water partition coefficient (Wildman–Crippen LogP) is 1.35. The lowest BCUT2D eigenvalue weighted by atomic mass is 9.91. The first-order valence-electron chi connectivity index (χ1n) is 6.06. The summed E-state index contributed by atoms with van der Waals surface area (Å²) in [6, 6.07) is 0. The van der Waals surface area contributed by atoms with Crippen LogP contribution < -0.4 is 0 Å². The molecular weight excluding hydrogens is 224 g/mol. The van der Waals surface area contributed by atoms with E-state index in [1.54, 1.807) is 7.11 Å². The van der Waals surface area contributed by atoms with Crippen LogP contribution in [0.5, 0.6) is 0 Å². The number of ether oxygens (including phenoxy) is 4. The summed E-state index contributed by atoms with van der Waals surface area (Å²) < 4.78 is 20.9. The zero-order valence-electron chi connectivity index (χ0n) is 10.8. The number of carbonyl (C=O) groups is 1.